The highest BCUT2D eigenvalue weighted by Gasteiger charge is 2.14. The fourth-order valence-electron chi connectivity index (χ4n) is 1.71. The smallest absolute Gasteiger partial charge is 0.0207 e. The van der Waals surface area contributed by atoms with Gasteiger partial charge in [-0.1, -0.05) is 48.0 Å². The van der Waals surface area contributed by atoms with Gasteiger partial charge in [0, 0.05) is 23.6 Å². The van der Waals surface area contributed by atoms with E-state index in [-0.39, 0.29) is 0 Å². The Bertz CT molecular complexity index is 313. The Morgan fingerprint density at radius 2 is 2.00 bits per heavy atom. The zero-order chi connectivity index (χ0) is 12.0. The molecule has 0 fully saturated rings. The maximum Gasteiger partial charge on any atom is 0.0207 e. The van der Waals surface area contributed by atoms with Crippen LogP contribution in [0.5, 0.6) is 0 Å². The number of halogens is 1. The lowest BCUT2D eigenvalue weighted by molar-refractivity contribution is 0.401. The van der Waals surface area contributed by atoms with Crippen molar-refractivity contribution in [2.75, 3.05) is 13.1 Å². The molecule has 0 aliphatic heterocycles. The summed E-state index contributed by atoms with van der Waals surface area (Å²) in [6, 6.07) is 8.88. The molecule has 1 unspecified atom stereocenters. The van der Waals surface area contributed by atoms with Crippen LogP contribution in [0.15, 0.2) is 28.7 Å². The summed E-state index contributed by atoms with van der Waals surface area (Å²) in [6.07, 6.45) is 1.04. The predicted molar refractivity (Wildman–Crippen MR) is 73.5 cm³/mol. The van der Waals surface area contributed by atoms with Gasteiger partial charge in [0.25, 0.3) is 0 Å². The van der Waals surface area contributed by atoms with Crippen LogP contribution in [0, 0.1) is 5.92 Å². The van der Waals surface area contributed by atoms with Crippen molar-refractivity contribution in [3.63, 3.8) is 0 Å². The second-order valence-electron chi connectivity index (χ2n) is 4.39. The molecule has 0 saturated heterocycles. The first kappa shape index (κ1) is 13.7. The van der Waals surface area contributed by atoms with Crippen LogP contribution in [-0.4, -0.2) is 19.1 Å². The molecule has 16 heavy (non-hydrogen) atoms. The van der Waals surface area contributed by atoms with Gasteiger partial charge >= 0.3 is 0 Å². The molecule has 90 valence electrons. The standard InChI is InChI=1S/C13H21BrN2/c1-10(2)13(16-8-7-15)9-11-5-3-4-6-12(11)14/h3-6,10,13,16H,7-9,15H2,1-2H3. The molecule has 1 rings (SSSR count). The SMILES string of the molecule is CC(C)C(Cc1ccccc1Br)NCCN. The Kier molecular flexibility index (Phi) is 6.03. The highest BCUT2D eigenvalue weighted by Crippen LogP contribution is 2.19. The summed E-state index contributed by atoms with van der Waals surface area (Å²) >= 11 is 3.59. The second-order valence-corrected chi connectivity index (χ2v) is 5.24. The lowest BCUT2D eigenvalue weighted by atomic mass is 9.96. The molecule has 0 amide bonds. The predicted octanol–water partition coefficient (Wildman–Crippen LogP) is 2.56. The van der Waals surface area contributed by atoms with Gasteiger partial charge in [0.1, 0.15) is 0 Å². The average molecular weight is 285 g/mol. The maximum atomic E-state index is 5.53. The van der Waals surface area contributed by atoms with Gasteiger partial charge in [-0.3, -0.25) is 0 Å². The molecule has 0 bridgehead atoms. The fraction of sp³-hybridized carbons (Fsp3) is 0.538. The van der Waals surface area contributed by atoms with E-state index in [1.807, 2.05) is 6.07 Å². The first-order chi connectivity index (χ1) is 7.65. The first-order valence-corrected chi connectivity index (χ1v) is 6.61. The van der Waals surface area contributed by atoms with Gasteiger partial charge in [-0.25, -0.2) is 0 Å². The van der Waals surface area contributed by atoms with Crippen LogP contribution >= 0.6 is 15.9 Å². The van der Waals surface area contributed by atoms with E-state index in [9.17, 15) is 0 Å². The van der Waals surface area contributed by atoms with Crippen LogP contribution in [0.25, 0.3) is 0 Å². The number of nitrogens with one attached hydrogen (secondary N) is 1. The molecule has 1 atom stereocenters. The molecule has 0 aliphatic carbocycles. The Balaban J connectivity index is 2.64. The number of nitrogens with two attached hydrogens (primary N) is 1. The highest BCUT2D eigenvalue weighted by atomic mass is 79.9. The summed E-state index contributed by atoms with van der Waals surface area (Å²) < 4.78 is 1.19. The van der Waals surface area contributed by atoms with Crippen LogP contribution in [0.3, 0.4) is 0 Å². The van der Waals surface area contributed by atoms with Gasteiger partial charge in [-0.15, -0.1) is 0 Å². The van der Waals surface area contributed by atoms with Crippen LogP contribution in [0.2, 0.25) is 0 Å². The van der Waals surface area contributed by atoms with Crippen molar-refractivity contribution in [1.82, 2.24) is 5.32 Å². The molecule has 0 heterocycles. The van der Waals surface area contributed by atoms with Crippen molar-refractivity contribution in [2.24, 2.45) is 11.7 Å². The van der Waals surface area contributed by atoms with Gasteiger partial charge in [0.15, 0.2) is 0 Å². The maximum absolute atomic E-state index is 5.53. The van der Waals surface area contributed by atoms with Crippen LogP contribution in [0.4, 0.5) is 0 Å². The Morgan fingerprint density at radius 1 is 1.31 bits per heavy atom. The van der Waals surface area contributed by atoms with Crippen molar-refractivity contribution in [1.29, 1.82) is 0 Å². The summed E-state index contributed by atoms with van der Waals surface area (Å²) in [6.45, 7) is 6.06. The van der Waals surface area contributed by atoms with Gasteiger partial charge in [0.2, 0.25) is 0 Å². The third-order valence-electron chi connectivity index (χ3n) is 2.75. The van der Waals surface area contributed by atoms with Crippen molar-refractivity contribution in [3.8, 4) is 0 Å². The Morgan fingerprint density at radius 3 is 2.56 bits per heavy atom. The molecule has 0 aromatic heterocycles. The minimum absolute atomic E-state index is 0.488. The van der Waals surface area contributed by atoms with Gasteiger partial charge < -0.3 is 11.1 Å². The molecular weight excluding hydrogens is 264 g/mol. The molecule has 1 aromatic carbocycles. The Labute approximate surface area is 107 Å². The number of hydrogen-bond donors (Lipinski definition) is 2. The van der Waals surface area contributed by atoms with Crippen LogP contribution < -0.4 is 11.1 Å². The third-order valence-corrected chi connectivity index (χ3v) is 3.53. The van der Waals surface area contributed by atoms with Crippen molar-refractivity contribution >= 4 is 15.9 Å². The number of benzene rings is 1. The topological polar surface area (TPSA) is 38.0 Å². The van der Waals surface area contributed by atoms with Crippen LogP contribution in [0.1, 0.15) is 19.4 Å². The van der Waals surface area contributed by atoms with Crippen LogP contribution in [-0.2, 0) is 6.42 Å². The monoisotopic (exact) mass is 284 g/mol. The molecule has 0 spiro atoms. The van der Waals surface area contributed by atoms with Crippen molar-refractivity contribution in [2.45, 2.75) is 26.3 Å². The van der Waals surface area contributed by atoms with E-state index in [1.54, 1.807) is 0 Å². The van der Waals surface area contributed by atoms with Crippen molar-refractivity contribution in [3.05, 3.63) is 34.3 Å². The molecule has 2 nitrogen and oxygen atoms in total. The zero-order valence-corrected chi connectivity index (χ0v) is 11.6. The Hall–Kier alpha value is -0.380. The third kappa shape index (κ3) is 4.24. The molecule has 0 aliphatic rings. The summed E-state index contributed by atoms with van der Waals surface area (Å²) in [5.41, 5.74) is 6.88. The molecule has 3 N–H and O–H groups in total. The minimum atomic E-state index is 0.488. The fourth-order valence-corrected chi connectivity index (χ4v) is 2.16. The normalized spacial score (nSPS) is 13.1. The molecule has 3 heteroatoms. The van der Waals surface area contributed by atoms with E-state index in [4.69, 9.17) is 5.73 Å². The summed E-state index contributed by atoms with van der Waals surface area (Å²) in [5, 5.41) is 3.50. The van der Waals surface area contributed by atoms with E-state index in [0.717, 1.165) is 13.0 Å². The largest absolute Gasteiger partial charge is 0.329 e. The molecule has 0 radical (unpaired) electrons. The lowest BCUT2D eigenvalue weighted by Gasteiger charge is -2.22. The number of hydrogen-bond acceptors (Lipinski definition) is 2. The van der Waals surface area contributed by atoms with E-state index in [0.29, 0.717) is 18.5 Å². The molecular formula is C13H21BrN2. The number of rotatable bonds is 6. The summed E-state index contributed by atoms with van der Waals surface area (Å²) in [4.78, 5) is 0. The van der Waals surface area contributed by atoms with E-state index in [1.165, 1.54) is 10.0 Å². The van der Waals surface area contributed by atoms with E-state index >= 15 is 0 Å². The van der Waals surface area contributed by atoms with E-state index < -0.39 is 0 Å². The van der Waals surface area contributed by atoms with Gasteiger partial charge in [0.05, 0.1) is 0 Å². The minimum Gasteiger partial charge on any atom is -0.329 e. The van der Waals surface area contributed by atoms with E-state index in [2.05, 4.69) is 53.3 Å². The highest BCUT2D eigenvalue weighted by molar-refractivity contribution is 9.10. The van der Waals surface area contributed by atoms with Crippen molar-refractivity contribution < 1.29 is 0 Å². The quantitative estimate of drug-likeness (QED) is 0.843. The van der Waals surface area contributed by atoms with Gasteiger partial charge in [-0.05, 0) is 24.0 Å². The molecule has 1 aromatic rings. The molecule has 0 saturated carbocycles. The zero-order valence-electron chi connectivity index (χ0n) is 10.0. The summed E-state index contributed by atoms with van der Waals surface area (Å²) in [7, 11) is 0. The van der Waals surface area contributed by atoms with Gasteiger partial charge in [-0.2, -0.15) is 0 Å². The lowest BCUT2D eigenvalue weighted by Crippen LogP contribution is -2.38. The second kappa shape index (κ2) is 7.05. The first-order valence-electron chi connectivity index (χ1n) is 5.82. The summed E-state index contributed by atoms with van der Waals surface area (Å²) in [5.74, 6) is 0.610. The average Bonchev–Trinajstić information content (AvgIpc) is 2.26.